The van der Waals surface area contributed by atoms with E-state index in [1.54, 1.807) is 7.05 Å². The number of hydrogen-bond donors (Lipinski definition) is 3. The summed E-state index contributed by atoms with van der Waals surface area (Å²) in [5.41, 5.74) is -0.323. The summed E-state index contributed by atoms with van der Waals surface area (Å²) in [6, 6.07) is -2.47. The van der Waals surface area contributed by atoms with Crippen molar-refractivity contribution in [3.63, 3.8) is 0 Å². The summed E-state index contributed by atoms with van der Waals surface area (Å²) in [6.07, 6.45) is 0. The summed E-state index contributed by atoms with van der Waals surface area (Å²) >= 11 is 7.43. The van der Waals surface area contributed by atoms with Crippen LogP contribution in [0, 0.1) is 0 Å². The summed E-state index contributed by atoms with van der Waals surface area (Å²) in [4.78, 5) is 45.5. The lowest BCUT2D eigenvalue weighted by Gasteiger charge is -2.43. The van der Waals surface area contributed by atoms with Crippen LogP contribution in [0.4, 0.5) is 5.13 Å². The van der Waals surface area contributed by atoms with E-state index in [0.717, 1.165) is 23.1 Å². The van der Waals surface area contributed by atoms with E-state index in [1.165, 1.54) is 17.2 Å². The molecule has 34 heavy (non-hydrogen) atoms. The van der Waals surface area contributed by atoms with Crippen molar-refractivity contribution in [3.8, 4) is 0 Å². The van der Waals surface area contributed by atoms with Crippen LogP contribution < -0.4 is 10.6 Å². The lowest BCUT2D eigenvalue weighted by molar-refractivity contribution is -0.143. The van der Waals surface area contributed by atoms with Crippen LogP contribution in [0.5, 0.6) is 0 Å². The first-order valence-electron chi connectivity index (χ1n) is 8.96. The molecule has 0 saturated carbocycles. The van der Waals surface area contributed by atoms with E-state index >= 15 is 0 Å². The van der Waals surface area contributed by atoms with Gasteiger partial charge in [0, 0.05) is 18.2 Å². The molecule has 1 aliphatic heterocycles. The highest BCUT2D eigenvalue weighted by Crippen LogP contribution is 2.29. The predicted octanol–water partition coefficient (Wildman–Crippen LogP) is -1.51. The zero-order chi connectivity index (χ0) is 25.0. The van der Waals surface area contributed by atoms with Crippen LogP contribution in [0.25, 0.3) is 0 Å². The number of β-lactam (4-membered cyclic amide) rings is 1. The molecular formula is C14H16ClN9O7S3. The molecule has 0 aromatic carbocycles. The largest absolute Gasteiger partial charge is 0.398 e. The smallest absolute Gasteiger partial charge is 0.362 e. The van der Waals surface area contributed by atoms with Crippen LogP contribution in [0.2, 0.25) is 0 Å². The molecule has 1 fully saturated rings. The van der Waals surface area contributed by atoms with Crippen molar-refractivity contribution >= 4 is 73.6 Å². The number of carbonyl (C=O) groups is 3. The number of halogens is 1. The Labute approximate surface area is 204 Å². The van der Waals surface area contributed by atoms with Gasteiger partial charge < -0.3 is 15.5 Å². The van der Waals surface area contributed by atoms with E-state index in [9.17, 15) is 27.4 Å². The number of rotatable bonds is 10. The van der Waals surface area contributed by atoms with Crippen LogP contribution in [0.3, 0.4) is 0 Å². The first-order valence-corrected chi connectivity index (χ1v) is 12.8. The van der Waals surface area contributed by atoms with Gasteiger partial charge in [0.15, 0.2) is 10.8 Å². The Bertz CT molecular complexity index is 1230. The van der Waals surface area contributed by atoms with Gasteiger partial charge >= 0.3 is 10.3 Å². The minimum absolute atomic E-state index is 0.0173. The number of alkyl halides is 1. The van der Waals surface area contributed by atoms with Crippen molar-refractivity contribution in [1.29, 1.82) is 0 Å². The molecule has 3 heterocycles. The molecular weight excluding hydrogens is 538 g/mol. The van der Waals surface area contributed by atoms with Crippen LogP contribution in [-0.4, -0.2) is 96.7 Å². The number of amides is 3. The molecule has 2 aromatic heterocycles. The fourth-order valence-corrected chi connectivity index (χ4v) is 5.46. The minimum atomic E-state index is -4.88. The minimum Gasteiger partial charge on any atom is -0.398 e. The van der Waals surface area contributed by atoms with E-state index in [-0.39, 0.29) is 32.5 Å². The van der Waals surface area contributed by atoms with Crippen LogP contribution >= 0.6 is 34.7 Å². The van der Waals surface area contributed by atoms with Crippen molar-refractivity contribution in [2.45, 2.75) is 17.2 Å². The number of nitrogens with zero attached hydrogens (tertiary/aromatic N) is 7. The highest BCUT2D eigenvalue weighted by atomic mass is 35.5. The quantitative estimate of drug-likeness (QED) is 0.0764. The van der Waals surface area contributed by atoms with Gasteiger partial charge in [-0.25, -0.2) is 14.0 Å². The maximum absolute atomic E-state index is 12.9. The Kier molecular flexibility index (Phi) is 8.02. The topological polar surface area (TPSA) is 211 Å². The molecule has 20 heteroatoms. The van der Waals surface area contributed by atoms with Crippen molar-refractivity contribution in [3.05, 3.63) is 11.1 Å². The molecule has 3 amide bonds. The van der Waals surface area contributed by atoms with Gasteiger partial charge in [0.25, 0.3) is 11.8 Å². The molecule has 0 unspecified atom stereocenters. The van der Waals surface area contributed by atoms with E-state index < -0.39 is 40.1 Å². The van der Waals surface area contributed by atoms with Gasteiger partial charge in [0.2, 0.25) is 11.1 Å². The Balaban J connectivity index is 1.78. The highest BCUT2D eigenvalue weighted by Gasteiger charge is 2.54. The predicted molar refractivity (Wildman–Crippen MR) is 119 cm³/mol. The molecule has 2 aromatic rings. The van der Waals surface area contributed by atoms with Crippen LogP contribution in [0.1, 0.15) is 5.69 Å². The maximum atomic E-state index is 12.9. The van der Waals surface area contributed by atoms with E-state index in [0.29, 0.717) is 5.16 Å². The summed E-state index contributed by atoms with van der Waals surface area (Å²) in [5, 5.41) is 21.1. The van der Waals surface area contributed by atoms with Crippen LogP contribution in [0.15, 0.2) is 15.7 Å². The molecule has 3 rings (SSSR count). The first kappa shape index (κ1) is 25.7. The number of carbonyl (C=O) groups excluding carboxylic acids is 3. The first-order chi connectivity index (χ1) is 16.1. The Morgan fingerprint density at radius 3 is 2.76 bits per heavy atom. The normalized spacial score (nSPS) is 18.4. The van der Waals surface area contributed by atoms with E-state index in [2.05, 4.69) is 41.1 Å². The summed E-state index contributed by atoms with van der Waals surface area (Å²) in [6.45, 7) is 0. The average molecular weight is 554 g/mol. The van der Waals surface area contributed by atoms with Gasteiger partial charge in [0.05, 0.1) is 6.04 Å². The molecule has 0 bridgehead atoms. The van der Waals surface area contributed by atoms with E-state index in [1.807, 2.05) is 0 Å². The Hall–Kier alpha value is -2.87. The van der Waals surface area contributed by atoms with Crippen molar-refractivity contribution in [1.82, 2.24) is 34.8 Å². The molecule has 1 aliphatic rings. The second-order valence-electron chi connectivity index (χ2n) is 6.37. The third-order valence-electron chi connectivity index (χ3n) is 4.18. The maximum Gasteiger partial charge on any atom is 0.362 e. The second kappa shape index (κ2) is 10.6. The second-order valence-corrected chi connectivity index (χ2v) is 9.77. The number of aryl methyl sites for hydroxylation is 1. The van der Waals surface area contributed by atoms with Gasteiger partial charge in [0.1, 0.15) is 24.7 Å². The molecule has 2 atom stereocenters. The number of nitrogens with one attached hydrogen (secondary N) is 2. The lowest BCUT2D eigenvalue weighted by Crippen LogP contribution is -2.73. The SMILES string of the molecule is CON=C(C(=O)N[C@H]1C(=O)N(S(=O)(=O)O)[C@H]1CSc1nnnn1C)c1csc(NC(=O)CCl)n1. The number of tetrazole rings is 1. The van der Waals surface area contributed by atoms with Gasteiger partial charge in [-0.1, -0.05) is 16.9 Å². The molecule has 1 saturated heterocycles. The van der Waals surface area contributed by atoms with Crippen molar-refractivity contribution in [2.24, 2.45) is 12.2 Å². The van der Waals surface area contributed by atoms with Crippen molar-refractivity contribution in [2.75, 3.05) is 24.1 Å². The summed E-state index contributed by atoms with van der Waals surface area (Å²) in [5.74, 6) is -2.85. The van der Waals surface area contributed by atoms with Gasteiger partial charge in [-0.05, 0) is 10.4 Å². The number of aromatic nitrogens is 5. The molecule has 0 spiro atoms. The third kappa shape index (κ3) is 5.60. The number of hydrogen-bond acceptors (Lipinski definition) is 13. The third-order valence-corrected chi connectivity index (χ3v) is 7.24. The number of thiazole rings is 1. The van der Waals surface area contributed by atoms with Crippen LogP contribution in [-0.2, 0) is 36.6 Å². The molecule has 3 N–H and O–H groups in total. The molecule has 16 nitrogen and oxygen atoms in total. The zero-order valence-electron chi connectivity index (χ0n) is 17.3. The Morgan fingerprint density at radius 2 is 2.18 bits per heavy atom. The number of oxime groups is 1. The highest BCUT2D eigenvalue weighted by molar-refractivity contribution is 7.99. The molecule has 0 radical (unpaired) electrons. The summed E-state index contributed by atoms with van der Waals surface area (Å²) < 4.78 is 34.3. The molecule has 184 valence electrons. The van der Waals surface area contributed by atoms with Gasteiger partial charge in [-0.15, -0.1) is 28.0 Å². The fraction of sp³-hybridized carbons (Fsp3) is 0.429. The zero-order valence-corrected chi connectivity index (χ0v) is 20.5. The number of anilines is 1. The van der Waals surface area contributed by atoms with Gasteiger partial charge in [-0.3, -0.25) is 18.9 Å². The standard InChI is InChI=1S/C14H16ClN9O7S3/c1-23-14(19-21-22-23)33-5-7-10(12(27)24(7)34(28,29)30)18-11(26)9(20-31-2)6-4-32-13(16-6)17-8(25)3-15/h4,7,10H,3,5H2,1-2H3,(H,18,26)(H,16,17,25)(H,28,29,30)/t7-,10+/m0/s1. The van der Waals surface area contributed by atoms with Gasteiger partial charge in [-0.2, -0.15) is 8.42 Å². The number of thioether (sulfide) groups is 1. The average Bonchev–Trinajstić information content (AvgIpc) is 3.40. The van der Waals surface area contributed by atoms with E-state index in [4.69, 9.17) is 11.6 Å². The fourth-order valence-electron chi connectivity index (χ4n) is 2.73. The Morgan fingerprint density at radius 1 is 1.44 bits per heavy atom. The lowest BCUT2D eigenvalue weighted by atomic mass is 10.0. The summed E-state index contributed by atoms with van der Waals surface area (Å²) in [7, 11) is -2.15. The van der Waals surface area contributed by atoms with Crippen molar-refractivity contribution < 1.29 is 32.2 Å². The molecule has 0 aliphatic carbocycles. The monoisotopic (exact) mass is 553 g/mol.